The van der Waals surface area contributed by atoms with Crippen molar-refractivity contribution in [1.82, 2.24) is 14.5 Å². The Balaban J connectivity index is 1.33. The molecule has 3 aromatic rings. The van der Waals surface area contributed by atoms with Crippen molar-refractivity contribution in [2.75, 3.05) is 36.9 Å². The van der Waals surface area contributed by atoms with Crippen molar-refractivity contribution in [3.8, 4) is 0 Å². The summed E-state index contributed by atoms with van der Waals surface area (Å²) in [6.07, 6.45) is 0. The predicted molar refractivity (Wildman–Crippen MR) is 134 cm³/mol. The number of rotatable bonds is 9. The molecule has 34 heavy (non-hydrogen) atoms. The molecule has 2 aromatic carbocycles. The fourth-order valence-corrected chi connectivity index (χ4v) is 6.57. The van der Waals surface area contributed by atoms with Gasteiger partial charge in [-0.25, -0.2) is 8.42 Å². The SMILES string of the molecule is CC(Sc1nnc(NCc2ccccc2)s1)C(=O)Nc1cccc(S(=O)(=O)N2CCOCC2)c1. The Morgan fingerprint density at radius 2 is 1.91 bits per heavy atom. The Bertz CT molecular complexity index is 1210. The maximum Gasteiger partial charge on any atom is 0.243 e. The first kappa shape index (κ1) is 24.6. The molecule has 1 amide bonds. The zero-order valence-electron chi connectivity index (χ0n) is 18.5. The van der Waals surface area contributed by atoms with Gasteiger partial charge in [-0.2, -0.15) is 4.31 Å². The van der Waals surface area contributed by atoms with Crippen LogP contribution in [0.25, 0.3) is 0 Å². The third-order valence-corrected chi connectivity index (χ3v) is 9.01. The summed E-state index contributed by atoms with van der Waals surface area (Å²) in [6, 6.07) is 16.3. The van der Waals surface area contributed by atoms with Gasteiger partial charge >= 0.3 is 0 Å². The smallest absolute Gasteiger partial charge is 0.243 e. The summed E-state index contributed by atoms with van der Waals surface area (Å²) in [5.74, 6) is -0.250. The molecule has 4 rings (SSSR count). The molecule has 1 unspecified atom stereocenters. The van der Waals surface area contributed by atoms with Crippen LogP contribution in [-0.4, -0.2) is 60.4 Å². The molecule has 0 saturated carbocycles. The fourth-order valence-electron chi connectivity index (χ4n) is 3.22. The number of nitrogens with zero attached hydrogens (tertiary/aromatic N) is 3. The van der Waals surface area contributed by atoms with E-state index in [1.165, 1.54) is 39.5 Å². The standard InChI is InChI=1S/C22H25N5O4S3/c1-16(32-22-26-25-21(33-22)23-15-17-6-3-2-4-7-17)20(28)24-18-8-5-9-19(14-18)34(29,30)27-10-12-31-13-11-27/h2-9,14,16H,10-13,15H2,1H3,(H,23,25)(H,24,28). The van der Waals surface area contributed by atoms with Gasteiger partial charge in [-0.05, 0) is 30.7 Å². The van der Waals surface area contributed by atoms with Crippen molar-refractivity contribution in [3.63, 3.8) is 0 Å². The molecule has 1 aliphatic rings. The monoisotopic (exact) mass is 519 g/mol. The third-order valence-electron chi connectivity index (χ3n) is 5.05. The second-order valence-corrected chi connectivity index (χ2v) is 12.0. The van der Waals surface area contributed by atoms with Crippen LogP contribution < -0.4 is 10.6 Å². The van der Waals surface area contributed by atoms with Crippen LogP contribution in [0.2, 0.25) is 0 Å². The average Bonchev–Trinajstić information content (AvgIpc) is 3.31. The Morgan fingerprint density at radius 1 is 1.15 bits per heavy atom. The number of amides is 1. The summed E-state index contributed by atoms with van der Waals surface area (Å²) in [4.78, 5) is 12.9. The van der Waals surface area contributed by atoms with E-state index in [1.807, 2.05) is 30.3 Å². The van der Waals surface area contributed by atoms with E-state index in [9.17, 15) is 13.2 Å². The highest BCUT2D eigenvalue weighted by atomic mass is 32.2. The predicted octanol–water partition coefficient (Wildman–Crippen LogP) is 3.29. The van der Waals surface area contributed by atoms with Gasteiger partial charge in [0.05, 0.1) is 23.4 Å². The summed E-state index contributed by atoms with van der Waals surface area (Å²) in [6.45, 7) is 3.79. The lowest BCUT2D eigenvalue weighted by molar-refractivity contribution is -0.115. The van der Waals surface area contributed by atoms with Gasteiger partial charge in [0.1, 0.15) is 0 Å². The lowest BCUT2D eigenvalue weighted by atomic mass is 10.2. The number of anilines is 2. The van der Waals surface area contributed by atoms with Crippen LogP contribution in [0.1, 0.15) is 12.5 Å². The van der Waals surface area contributed by atoms with E-state index in [0.717, 1.165) is 5.56 Å². The molecular weight excluding hydrogens is 494 g/mol. The number of sulfonamides is 1. The molecule has 180 valence electrons. The number of ether oxygens (including phenoxy) is 1. The summed E-state index contributed by atoms with van der Waals surface area (Å²) in [5.41, 5.74) is 1.56. The molecular formula is C22H25N5O4S3. The summed E-state index contributed by atoms with van der Waals surface area (Å²) < 4.78 is 33.1. The van der Waals surface area contributed by atoms with E-state index in [0.29, 0.717) is 48.0 Å². The molecule has 2 N–H and O–H groups in total. The van der Waals surface area contributed by atoms with Crippen LogP contribution in [0.3, 0.4) is 0 Å². The van der Waals surface area contributed by atoms with Crippen molar-refractivity contribution < 1.29 is 17.9 Å². The number of carbonyl (C=O) groups excluding carboxylic acids is 1. The van der Waals surface area contributed by atoms with Gasteiger partial charge in [0.2, 0.25) is 21.1 Å². The zero-order chi connectivity index (χ0) is 24.0. The van der Waals surface area contributed by atoms with Crippen molar-refractivity contribution in [2.45, 2.75) is 28.0 Å². The van der Waals surface area contributed by atoms with Crippen LogP contribution in [0.5, 0.6) is 0 Å². The first-order valence-corrected chi connectivity index (χ1v) is 13.8. The topological polar surface area (TPSA) is 114 Å². The fraction of sp³-hybridized carbons (Fsp3) is 0.318. The van der Waals surface area contributed by atoms with Crippen LogP contribution in [0, 0.1) is 0 Å². The summed E-state index contributed by atoms with van der Waals surface area (Å²) in [7, 11) is -3.64. The molecule has 1 saturated heterocycles. The number of aromatic nitrogens is 2. The summed E-state index contributed by atoms with van der Waals surface area (Å²) >= 11 is 2.68. The summed E-state index contributed by atoms with van der Waals surface area (Å²) in [5, 5.41) is 14.6. The number of hydrogen-bond donors (Lipinski definition) is 2. The number of thioether (sulfide) groups is 1. The molecule has 0 bridgehead atoms. The van der Waals surface area contributed by atoms with Gasteiger partial charge in [0.15, 0.2) is 4.34 Å². The average molecular weight is 520 g/mol. The highest BCUT2D eigenvalue weighted by molar-refractivity contribution is 8.02. The van der Waals surface area contributed by atoms with Crippen molar-refractivity contribution in [3.05, 3.63) is 60.2 Å². The Morgan fingerprint density at radius 3 is 2.68 bits per heavy atom. The Kier molecular flexibility index (Phi) is 8.16. The van der Waals surface area contributed by atoms with Crippen LogP contribution in [0.4, 0.5) is 10.8 Å². The Labute approximate surface area is 207 Å². The maximum atomic E-state index is 12.9. The molecule has 2 heterocycles. The van der Waals surface area contributed by atoms with E-state index in [4.69, 9.17) is 4.74 Å². The first-order chi connectivity index (χ1) is 16.4. The molecule has 1 atom stereocenters. The zero-order valence-corrected chi connectivity index (χ0v) is 21.0. The molecule has 1 fully saturated rings. The van der Waals surface area contributed by atoms with Crippen LogP contribution in [0.15, 0.2) is 63.8 Å². The van der Waals surface area contributed by atoms with Gasteiger partial charge in [-0.15, -0.1) is 10.2 Å². The molecule has 9 nitrogen and oxygen atoms in total. The lowest BCUT2D eigenvalue weighted by Crippen LogP contribution is -2.40. The molecule has 0 aliphatic carbocycles. The number of carbonyl (C=O) groups is 1. The highest BCUT2D eigenvalue weighted by Crippen LogP contribution is 2.30. The van der Waals surface area contributed by atoms with Crippen molar-refractivity contribution in [2.24, 2.45) is 0 Å². The number of hydrogen-bond acceptors (Lipinski definition) is 9. The molecule has 1 aliphatic heterocycles. The second-order valence-electron chi connectivity index (χ2n) is 7.51. The van der Waals surface area contributed by atoms with Crippen molar-refractivity contribution in [1.29, 1.82) is 0 Å². The van der Waals surface area contributed by atoms with Crippen LogP contribution in [-0.2, 0) is 26.1 Å². The quantitative estimate of drug-likeness (QED) is 0.414. The molecule has 12 heteroatoms. The number of benzene rings is 2. The van der Waals surface area contributed by atoms with E-state index in [-0.39, 0.29) is 10.8 Å². The van der Waals surface area contributed by atoms with E-state index < -0.39 is 15.3 Å². The normalized spacial score (nSPS) is 15.6. The maximum absolute atomic E-state index is 12.9. The van der Waals surface area contributed by atoms with E-state index in [1.54, 1.807) is 19.1 Å². The second kappa shape index (κ2) is 11.3. The minimum Gasteiger partial charge on any atom is -0.379 e. The largest absolute Gasteiger partial charge is 0.379 e. The van der Waals surface area contributed by atoms with E-state index in [2.05, 4.69) is 20.8 Å². The molecule has 0 radical (unpaired) electrons. The van der Waals surface area contributed by atoms with Crippen molar-refractivity contribution >= 4 is 49.8 Å². The van der Waals surface area contributed by atoms with E-state index >= 15 is 0 Å². The minimum atomic E-state index is -3.64. The van der Waals surface area contributed by atoms with Gasteiger partial charge in [-0.1, -0.05) is 59.5 Å². The molecule has 1 aromatic heterocycles. The minimum absolute atomic E-state index is 0.144. The van der Waals surface area contributed by atoms with Gasteiger partial charge in [-0.3, -0.25) is 4.79 Å². The Hall–Kier alpha value is -2.51. The van der Waals surface area contributed by atoms with Gasteiger partial charge in [0.25, 0.3) is 0 Å². The van der Waals surface area contributed by atoms with Gasteiger partial charge in [0, 0.05) is 25.3 Å². The lowest BCUT2D eigenvalue weighted by Gasteiger charge is -2.26. The van der Waals surface area contributed by atoms with Gasteiger partial charge < -0.3 is 15.4 Å². The molecule has 0 spiro atoms. The highest BCUT2D eigenvalue weighted by Gasteiger charge is 2.26. The third kappa shape index (κ3) is 6.33. The number of morpholine rings is 1. The first-order valence-electron chi connectivity index (χ1n) is 10.7. The number of nitrogens with one attached hydrogen (secondary N) is 2. The van der Waals surface area contributed by atoms with Crippen LogP contribution >= 0.6 is 23.1 Å².